The van der Waals surface area contributed by atoms with Gasteiger partial charge < -0.3 is 15.4 Å². The molecule has 4 rings (SSSR count). The van der Waals surface area contributed by atoms with Crippen LogP contribution in [-0.2, 0) is 11.2 Å². The zero-order valence-corrected chi connectivity index (χ0v) is 17.5. The summed E-state index contributed by atoms with van der Waals surface area (Å²) in [6.45, 7) is 0.571. The largest absolute Gasteiger partial charge is 0.449 e. The quantitative estimate of drug-likeness (QED) is 0.422. The molecule has 0 saturated carbocycles. The van der Waals surface area contributed by atoms with Crippen LogP contribution >= 0.6 is 11.6 Å². The van der Waals surface area contributed by atoms with Crippen molar-refractivity contribution >= 4 is 35.2 Å². The Morgan fingerprint density at radius 1 is 1.03 bits per heavy atom. The van der Waals surface area contributed by atoms with Gasteiger partial charge in [0.05, 0.1) is 5.69 Å². The standard InChI is InChI=1S/C25H21ClN2O3/c26-20-11-8-18(9-12-20)15-23-25(30)28-21-16-19(10-13-22(21)31-23)24(29)27-14-4-7-17-5-2-1-3-6-17/h1-3,5-6,8-13,15-16H,4,7,14H2,(H,27,29)(H,28,30). The molecule has 0 aromatic heterocycles. The van der Waals surface area contributed by atoms with Crippen LogP contribution in [-0.4, -0.2) is 18.4 Å². The van der Waals surface area contributed by atoms with Gasteiger partial charge in [0.15, 0.2) is 11.5 Å². The maximum atomic E-state index is 12.5. The van der Waals surface area contributed by atoms with Crippen LogP contribution in [0.5, 0.6) is 5.75 Å². The minimum absolute atomic E-state index is 0.174. The SMILES string of the molecule is O=C1Nc2cc(C(=O)NCCCc3ccccc3)ccc2OC1=Cc1ccc(Cl)cc1. The fraction of sp³-hybridized carbons (Fsp3) is 0.120. The predicted octanol–water partition coefficient (Wildman–Crippen LogP) is 5.07. The number of nitrogens with one attached hydrogen (secondary N) is 2. The Morgan fingerprint density at radius 3 is 2.58 bits per heavy atom. The molecule has 3 aromatic rings. The number of carbonyl (C=O) groups excluding carboxylic acids is 2. The van der Waals surface area contributed by atoms with E-state index in [1.54, 1.807) is 48.5 Å². The summed E-state index contributed by atoms with van der Waals surface area (Å²) >= 11 is 5.89. The molecule has 6 heteroatoms. The molecule has 1 aliphatic heterocycles. The second kappa shape index (κ2) is 9.49. The fourth-order valence-electron chi connectivity index (χ4n) is 3.25. The molecule has 1 aliphatic rings. The Balaban J connectivity index is 1.37. The number of aryl methyl sites for hydroxylation is 1. The average Bonchev–Trinajstić information content (AvgIpc) is 2.79. The second-order valence-corrected chi connectivity index (χ2v) is 7.61. The van der Waals surface area contributed by atoms with Gasteiger partial charge in [-0.05, 0) is 60.4 Å². The lowest BCUT2D eigenvalue weighted by atomic mass is 10.1. The summed E-state index contributed by atoms with van der Waals surface area (Å²) in [6, 6.07) is 22.2. The number of hydrogen-bond donors (Lipinski definition) is 2. The van der Waals surface area contributed by atoms with Gasteiger partial charge in [-0.1, -0.05) is 54.1 Å². The van der Waals surface area contributed by atoms with Crippen molar-refractivity contribution in [1.82, 2.24) is 5.32 Å². The molecule has 0 radical (unpaired) electrons. The highest BCUT2D eigenvalue weighted by atomic mass is 35.5. The van der Waals surface area contributed by atoms with E-state index in [0.717, 1.165) is 18.4 Å². The molecule has 0 unspecified atom stereocenters. The van der Waals surface area contributed by atoms with E-state index < -0.39 is 0 Å². The molecule has 0 spiro atoms. The summed E-state index contributed by atoms with van der Waals surface area (Å²) in [4.78, 5) is 24.9. The lowest BCUT2D eigenvalue weighted by molar-refractivity contribution is -0.115. The maximum Gasteiger partial charge on any atom is 0.291 e. The minimum Gasteiger partial charge on any atom is -0.449 e. The summed E-state index contributed by atoms with van der Waals surface area (Å²) in [7, 11) is 0. The molecule has 3 aromatic carbocycles. The van der Waals surface area contributed by atoms with Crippen LogP contribution in [0.25, 0.3) is 6.08 Å². The smallest absolute Gasteiger partial charge is 0.291 e. The first-order valence-corrected chi connectivity index (χ1v) is 10.4. The Bertz CT molecular complexity index is 1130. The first-order chi connectivity index (χ1) is 15.1. The number of benzene rings is 3. The molecule has 2 N–H and O–H groups in total. The van der Waals surface area contributed by atoms with E-state index in [2.05, 4.69) is 22.8 Å². The zero-order valence-electron chi connectivity index (χ0n) is 16.7. The van der Waals surface area contributed by atoms with Gasteiger partial charge in [0.1, 0.15) is 0 Å². The summed E-state index contributed by atoms with van der Waals surface area (Å²) in [6.07, 6.45) is 3.39. The van der Waals surface area contributed by atoms with Gasteiger partial charge in [0, 0.05) is 17.1 Å². The van der Waals surface area contributed by atoms with E-state index >= 15 is 0 Å². The van der Waals surface area contributed by atoms with Crippen molar-refractivity contribution in [2.24, 2.45) is 0 Å². The summed E-state index contributed by atoms with van der Waals surface area (Å²) in [5.41, 5.74) is 2.97. The van der Waals surface area contributed by atoms with Crippen molar-refractivity contribution in [1.29, 1.82) is 0 Å². The van der Waals surface area contributed by atoms with Crippen LogP contribution in [0.2, 0.25) is 5.02 Å². The van der Waals surface area contributed by atoms with Crippen LogP contribution in [0.4, 0.5) is 5.69 Å². The first-order valence-electron chi connectivity index (χ1n) is 10.0. The molecular weight excluding hydrogens is 412 g/mol. The minimum atomic E-state index is -0.372. The second-order valence-electron chi connectivity index (χ2n) is 7.17. The molecule has 5 nitrogen and oxygen atoms in total. The number of amides is 2. The van der Waals surface area contributed by atoms with Crippen LogP contribution in [0.15, 0.2) is 78.6 Å². The summed E-state index contributed by atoms with van der Waals surface area (Å²) in [5.74, 6) is 0.101. The number of fused-ring (bicyclic) bond motifs is 1. The average molecular weight is 433 g/mol. The van der Waals surface area contributed by atoms with Crippen molar-refractivity contribution < 1.29 is 14.3 Å². The third kappa shape index (κ3) is 5.32. The molecule has 0 saturated heterocycles. The van der Waals surface area contributed by atoms with Crippen molar-refractivity contribution in [3.63, 3.8) is 0 Å². The van der Waals surface area contributed by atoms with E-state index in [1.165, 1.54) is 5.56 Å². The normalized spacial score (nSPS) is 13.8. The highest BCUT2D eigenvalue weighted by Gasteiger charge is 2.23. The number of anilines is 1. The third-order valence-electron chi connectivity index (χ3n) is 4.87. The Morgan fingerprint density at radius 2 is 1.81 bits per heavy atom. The van der Waals surface area contributed by atoms with Crippen LogP contribution in [0.3, 0.4) is 0 Å². The van der Waals surface area contributed by atoms with Gasteiger partial charge >= 0.3 is 0 Å². The van der Waals surface area contributed by atoms with Gasteiger partial charge in [-0.2, -0.15) is 0 Å². The van der Waals surface area contributed by atoms with Gasteiger partial charge in [-0.3, -0.25) is 9.59 Å². The van der Waals surface area contributed by atoms with E-state index in [9.17, 15) is 9.59 Å². The number of rotatable bonds is 6. The Hall–Kier alpha value is -3.57. The molecule has 0 aliphatic carbocycles. The monoisotopic (exact) mass is 432 g/mol. The van der Waals surface area contributed by atoms with Gasteiger partial charge in [-0.15, -0.1) is 0 Å². The lowest BCUT2D eigenvalue weighted by Gasteiger charge is -2.20. The predicted molar refractivity (Wildman–Crippen MR) is 122 cm³/mol. The first kappa shape index (κ1) is 20.7. The lowest BCUT2D eigenvalue weighted by Crippen LogP contribution is -2.26. The fourth-order valence-corrected chi connectivity index (χ4v) is 3.38. The maximum absolute atomic E-state index is 12.5. The third-order valence-corrected chi connectivity index (χ3v) is 5.12. The van der Waals surface area contributed by atoms with Crippen LogP contribution in [0.1, 0.15) is 27.9 Å². The van der Waals surface area contributed by atoms with E-state index in [1.807, 2.05) is 18.2 Å². The molecule has 156 valence electrons. The van der Waals surface area contributed by atoms with E-state index in [-0.39, 0.29) is 17.6 Å². The Kier molecular flexibility index (Phi) is 6.34. The summed E-state index contributed by atoms with van der Waals surface area (Å²) < 4.78 is 5.75. The molecule has 31 heavy (non-hydrogen) atoms. The molecule has 0 bridgehead atoms. The van der Waals surface area contributed by atoms with Crippen molar-refractivity contribution in [2.45, 2.75) is 12.8 Å². The molecule has 1 heterocycles. The van der Waals surface area contributed by atoms with Crippen molar-refractivity contribution in [2.75, 3.05) is 11.9 Å². The number of ether oxygens (including phenoxy) is 1. The highest BCUT2D eigenvalue weighted by Crippen LogP contribution is 2.32. The Labute approximate surface area is 185 Å². The van der Waals surface area contributed by atoms with Gasteiger partial charge in [0.2, 0.25) is 0 Å². The molecule has 2 amide bonds. The molecular formula is C25H21ClN2O3. The number of carbonyl (C=O) groups is 2. The van der Waals surface area contributed by atoms with E-state index in [4.69, 9.17) is 16.3 Å². The highest BCUT2D eigenvalue weighted by molar-refractivity contribution is 6.30. The van der Waals surface area contributed by atoms with Crippen LogP contribution < -0.4 is 15.4 Å². The zero-order chi connectivity index (χ0) is 21.6. The molecule has 0 atom stereocenters. The topological polar surface area (TPSA) is 67.4 Å². The van der Waals surface area contributed by atoms with Crippen LogP contribution in [0, 0.1) is 0 Å². The van der Waals surface area contributed by atoms with Gasteiger partial charge in [-0.25, -0.2) is 0 Å². The molecule has 0 fully saturated rings. The van der Waals surface area contributed by atoms with E-state index in [0.29, 0.717) is 28.6 Å². The van der Waals surface area contributed by atoms with Crippen molar-refractivity contribution in [3.05, 3.63) is 100 Å². The number of halogens is 1. The summed E-state index contributed by atoms with van der Waals surface area (Å²) in [5, 5.41) is 6.32. The van der Waals surface area contributed by atoms with Gasteiger partial charge in [0.25, 0.3) is 11.8 Å². The number of hydrogen-bond acceptors (Lipinski definition) is 3. The van der Waals surface area contributed by atoms with Crippen molar-refractivity contribution in [3.8, 4) is 5.75 Å².